The van der Waals surface area contributed by atoms with Crippen molar-refractivity contribution in [3.05, 3.63) is 96.0 Å². The van der Waals surface area contributed by atoms with Crippen molar-refractivity contribution in [1.29, 1.82) is 0 Å². The molecule has 2 nitrogen and oxygen atoms in total. The Morgan fingerprint density at radius 3 is 2.15 bits per heavy atom. The lowest BCUT2D eigenvalue weighted by Crippen LogP contribution is -1.94. The third-order valence-electron chi connectivity index (χ3n) is 5.06. The number of fused-ring (bicyclic) bond motifs is 3. The summed E-state index contributed by atoms with van der Waals surface area (Å²) < 4.78 is 2.30. The van der Waals surface area contributed by atoms with E-state index in [0.717, 1.165) is 22.3 Å². The number of para-hydroxylation sites is 3. The molecule has 0 saturated heterocycles. The van der Waals surface area contributed by atoms with Crippen LogP contribution in [0.2, 0.25) is 5.02 Å². The number of rotatable bonds is 2. The van der Waals surface area contributed by atoms with Gasteiger partial charge in [0, 0.05) is 22.0 Å². The summed E-state index contributed by atoms with van der Waals surface area (Å²) in [6.07, 6.45) is 0. The first kappa shape index (κ1) is 16.0. The van der Waals surface area contributed by atoms with Gasteiger partial charge in [-0.15, -0.1) is 0 Å². The number of halogens is 1. The molecule has 0 radical (unpaired) electrons. The highest BCUT2D eigenvalue weighted by molar-refractivity contribution is 6.34. The second kappa shape index (κ2) is 6.19. The van der Waals surface area contributed by atoms with Crippen molar-refractivity contribution in [3.8, 4) is 16.8 Å². The highest BCUT2D eigenvalue weighted by Crippen LogP contribution is 2.41. The van der Waals surface area contributed by atoms with Gasteiger partial charge in [0.2, 0.25) is 0 Å². The molecule has 2 N–H and O–H groups in total. The zero-order chi connectivity index (χ0) is 18.4. The Bertz CT molecular complexity index is 1290. The molecule has 1 aromatic heterocycles. The number of nitrogen functional groups attached to an aromatic ring is 1. The topological polar surface area (TPSA) is 30.9 Å². The van der Waals surface area contributed by atoms with Gasteiger partial charge in [-0.2, -0.15) is 0 Å². The van der Waals surface area contributed by atoms with Crippen LogP contribution in [-0.2, 0) is 0 Å². The van der Waals surface area contributed by atoms with Crippen molar-refractivity contribution in [2.24, 2.45) is 0 Å². The quantitative estimate of drug-likeness (QED) is 0.346. The number of hydrogen-bond donors (Lipinski definition) is 1. The van der Waals surface area contributed by atoms with E-state index in [4.69, 9.17) is 17.3 Å². The highest BCUT2D eigenvalue weighted by Gasteiger charge is 2.17. The Hall–Kier alpha value is -3.23. The molecule has 0 spiro atoms. The first-order chi connectivity index (χ1) is 13.3. The Labute approximate surface area is 162 Å². The summed E-state index contributed by atoms with van der Waals surface area (Å²) in [7, 11) is 0. The molecular formula is C24H17ClN2. The van der Waals surface area contributed by atoms with E-state index >= 15 is 0 Å². The number of aromatic nitrogens is 1. The molecule has 130 valence electrons. The first-order valence-corrected chi connectivity index (χ1v) is 9.25. The van der Waals surface area contributed by atoms with E-state index in [1.807, 2.05) is 24.3 Å². The van der Waals surface area contributed by atoms with Crippen molar-refractivity contribution < 1.29 is 0 Å². The molecule has 27 heavy (non-hydrogen) atoms. The van der Waals surface area contributed by atoms with Crippen LogP contribution in [0.5, 0.6) is 0 Å². The van der Waals surface area contributed by atoms with Crippen molar-refractivity contribution in [1.82, 2.24) is 4.57 Å². The van der Waals surface area contributed by atoms with Crippen molar-refractivity contribution >= 4 is 39.1 Å². The number of nitrogens with zero attached hydrogens (tertiary/aromatic N) is 1. The van der Waals surface area contributed by atoms with Crippen LogP contribution in [0.4, 0.5) is 5.69 Å². The minimum Gasteiger partial charge on any atom is -0.397 e. The SMILES string of the molecule is Nc1c(Cl)cccc1-c1cccc2c1c1ccccc1n2-c1ccccc1. The molecule has 5 aromatic rings. The van der Waals surface area contributed by atoms with Gasteiger partial charge in [-0.05, 0) is 35.9 Å². The van der Waals surface area contributed by atoms with Gasteiger partial charge in [0.25, 0.3) is 0 Å². The van der Waals surface area contributed by atoms with Gasteiger partial charge < -0.3 is 10.3 Å². The van der Waals surface area contributed by atoms with Crippen LogP contribution < -0.4 is 5.73 Å². The largest absolute Gasteiger partial charge is 0.397 e. The second-order valence-electron chi connectivity index (χ2n) is 6.59. The fraction of sp³-hybridized carbons (Fsp3) is 0. The van der Waals surface area contributed by atoms with Crippen LogP contribution in [0, 0.1) is 0 Å². The number of nitrogens with two attached hydrogens (primary N) is 1. The normalized spacial score (nSPS) is 11.3. The monoisotopic (exact) mass is 368 g/mol. The average molecular weight is 369 g/mol. The molecule has 0 atom stereocenters. The third-order valence-corrected chi connectivity index (χ3v) is 5.38. The zero-order valence-corrected chi connectivity index (χ0v) is 15.3. The minimum absolute atomic E-state index is 0.580. The molecule has 0 saturated carbocycles. The van der Waals surface area contributed by atoms with E-state index in [1.165, 1.54) is 16.3 Å². The lowest BCUT2D eigenvalue weighted by atomic mass is 9.98. The molecule has 0 aliphatic carbocycles. The summed E-state index contributed by atoms with van der Waals surface area (Å²) in [5.74, 6) is 0. The van der Waals surface area contributed by atoms with Gasteiger partial charge in [-0.25, -0.2) is 0 Å². The molecule has 0 fully saturated rings. The summed E-state index contributed by atoms with van der Waals surface area (Å²) >= 11 is 6.30. The van der Waals surface area contributed by atoms with Gasteiger partial charge in [0.05, 0.1) is 21.7 Å². The maximum Gasteiger partial charge on any atom is 0.0641 e. The standard InChI is InChI=1S/C24H17ClN2/c25-20-13-6-12-18(24(20)26)17-11-7-15-22-23(17)19-10-4-5-14-21(19)27(22)16-8-2-1-3-9-16/h1-15H,26H2. The molecule has 0 bridgehead atoms. The lowest BCUT2D eigenvalue weighted by molar-refractivity contribution is 1.18. The summed E-state index contributed by atoms with van der Waals surface area (Å²) in [6, 6.07) is 31.1. The minimum atomic E-state index is 0.580. The Kier molecular flexibility index (Phi) is 3.66. The summed E-state index contributed by atoms with van der Waals surface area (Å²) in [5, 5.41) is 2.97. The Morgan fingerprint density at radius 2 is 1.30 bits per heavy atom. The van der Waals surface area contributed by atoms with Crippen molar-refractivity contribution in [3.63, 3.8) is 0 Å². The van der Waals surface area contributed by atoms with Gasteiger partial charge in [-0.3, -0.25) is 0 Å². The molecular weight excluding hydrogens is 352 g/mol. The Balaban J connectivity index is 1.96. The van der Waals surface area contributed by atoms with E-state index in [1.54, 1.807) is 0 Å². The molecule has 0 aliphatic heterocycles. The molecule has 0 unspecified atom stereocenters. The second-order valence-corrected chi connectivity index (χ2v) is 7.00. The molecule has 4 aromatic carbocycles. The van der Waals surface area contributed by atoms with Crippen LogP contribution in [0.15, 0.2) is 91.0 Å². The predicted octanol–water partition coefficient (Wildman–Crippen LogP) is 6.69. The highest BCUT2D eigenvalue weighted by atomic mass is 35.5. The zero-order valence-electron chi connectivity index (χ0n) is 14.6. The van der Waals surface area contributed by atoms with Crippen LogP contribution in [-0.4, -0.2) is 4.57 Å². The van der Waals surface area contributed by atoms with Gasteiger partial charge in [0.1, 0.15) is 0 Å². The van der Waals surface area contributed by atoms with Crippen molar-refractivity contribution in [2.75, 3.05) is 5.73 Å². The first-order valence-electron chi connectivity index (χ1n) is 8.87. The smallest absolute Gasteiger partial charge is 0.0641 e. The molecule has 3 heteroatoms. The van der Waals surface area contributed by atoms with E-state index in [0.29, 0.717) is 10.7 Å². The van der Waals surface area contributed by atoms with E-state index < -0.39 is 0 Å². The number of benzene rings is 4. The van der Waals surface area contributed by atoms with Crippen LogP contribution >= 0.6 is 11.6 Å². The van der Waals surface area contributed by atoms with E-state index in [9.17, 15) is 0 Å². The summed E-state index contributed by atoms with van der Waals surface area (Å²) in [5.41, 5.74) is 12.5. The van der Waals surface area contributed by atoms with Crippen molar-refractivity contribution in [2.45, 2.75) is 0 Å². The maximum atomic E-state index is 6.33. The number of hydrogen-bond acceptors (Lipinski definition) is 1. The summed E-state index contributed by atoms with van der Waals surface area (Å²) in [6.45, 7) is 0. The molecule has 0 amide bonds. The Morgan fingerprint density at radius 1 is 0.630 bits per heavy atom. The van der Waals surface area contributed by atoms with Gasteiger partial charge in [-0.1, -0.05) is 72.3 Å². The fourth-order valence-electron chi connectivity index (χ4n) is 3.87. The van der Waals surface area contributed by atoms with Crippen LogP contribution in [0.1, 0.15) is 0 Å². The third kappa shape index (κ3) is 2.42. The van der Waals surface area contributed by atoms with Crippen LogP contribution in [0.25, 0.3) is 38.6 Å². The van der Waals surface area contributed by atoms with E-state index in [2.05, 4.69) is 71.3 Å². The van der Waals surface area contributed by atoms with Gasteiger partial charge >= 0.3 is 0 Å². The summed E-state index contributed by atoms with van der Waals surface area (Å²) in [4.78, 5) is 0. The fourth-order valence-corrected chi connectivity index (χ4v) is 4.05. The van der Waals surface area contributed by atoms with Gasteiger partial charge in [0.15, 0.2) is 0 Å². The van der Waals surface area contributed by atoms with Crippen LogP contribution in [0.3, 0.4) is 0 Å². The lowest BCUT2D eigenvalue weighted by Gasteiger charge is -2.10. The predicted molar refractivity (Wildman–Crippen MR) is 116 cm³/mol. The molecule has 5 rings (SSSR count). The number of anilines is 1. The molecule has 1 heterocycles. The van der Waals surface area contributed by atoms with E-state index in [-0.39, 0.29) is 0 Å². The molecule has 0 aliphatic rings. The maximum absolute atomic E-state index is 6.33. The average Bonchev–Trinajstić information content (AvgIpc) is 3.05.